The molecule has 7 heteroatoms. The highest BCUT2D eigenvalue weighted by Gasteiger charge is 2.24. The van der Waals surface area contributed by atoms with E-state index in [4.69, 9.17) is 4.74 Å². The summed E-state index contributed by atoms with van der Waals surface area (Å²) in [6.07, 6.45) is 0. The van der Waals surface area contributed by atoms with Crippen molar-refractivity contribution in [3.8, 4) is 17.2 Å². The summed E-state index contributed by atoms with van der Waals surface area (Å²) in [7, 11) is 2.27. The number of carbonyl (C=O) groups excluding carboxylic acids is 1. The van der Waals surface area contributed by atoms with Crippen molar-refractivity contribution in [2.75, 3.05) is 14.2 Å². The highest BCUT2D eigenvalue weighted by Crippen LogP contribution is 2.31. The fourth-order valence-electron chi connectivity index (χ4n) is 1.91. The highest BCUT2D eigenvalue weighted by atomic mass is 19.2. The van der Waals surface area contributed by atoms with E-state index in [9.17, 15) is 23.1 Å². The third-order valence-electron chi connectivity index (χ3n) is 3.01. The van der Waals surface area contributed by atoms with Crippen molar-refractivity contribution in [3.63, 3.8) is 0 Å². The van der Waals surface area contributed by atoms with Crippen molar-refractivity contribution >= 4 is 5.78 Å². The van der Waals surface area contributed by atoms with Gasteiger partial charge in [-0.25, -0.2) is 8.78 Å². The van der Waals surface area contributed by atoms with E-state index in [1.807, 2.05) is 0 Å². The second-order valence-electron chi connectivity index (χ2n) is 4.28. The molecule has 0 bridgehead atoms. The van der Waals surface area contributed by atoms with Crippen LogP contribution in [0.15, 0.2) is 24.3 Å². The molecular formula is C15H11F3O4. The molecule has 0 fully saturated rings. The summed E-state index contributed by atoms with van der Waals surface area (Å²) >= 11 is 0. The first-order chi connectivity index (χ1) is 10.4. The zero-order valence-corrected chi connectivity index (χ0v) is 11.6. The van der Waals surface area contributed by atoms with Crippen LogP contribution in [0.3, 0.4) is 0 Å². The summed E-state index contributed by atoms with van der Waals surface area (Å²) in [4.78, 5) is 12.2. The van der Waals surface area contributed by atoms with Crippen LogP contribution >= 0.6 is 0 Å². The van der Waals surface area contributed by atoms with Gasteiger partial charge < -0.3 is 14.6 Å². The lowest BCUT2D eigenvalue weighted by Crippen LogP contribution is -2.08. The number of ether oxygens (including phenoxy) is 2. The van der Waals surface area contributed by atoms with Crippen molar-refractivity contribution in [1.29, 1.82) is 0 Å². The quantitative estimate of drug-likeness (QED) is 0.696. The lowest BCUT2D eigenvalue weighted by atomic mass is 10.0. The first kappa shape index (κ1) is 15.7. The van der Waals surface area contributed by atoms with Crippen LogP contribution in [0.2, 0.25) is 0 Å². The highest BCUT2D eigenvalue weighted by molar-refractivity contribution is 6.09. The van der Waals surface area contributed by atoms with Gasteiger partial charge in [0.05, 0.1) is 19.8 Å². The fraction of sp³-hybridized carbons (Fsp3) is 0.133. The normalized spacial score (nSPS) is 10.4. The average molecular weight is 312 g/mol. The molecule has 1 N–H and O–H groups in total. The van der Waals surface area contributed by atoms with E-state index in [1.54, 1.807) is 0 Å². The molecule has 0 aromatic heterocycles. The van der Waals surface area contributed by atoms with Gasteiger partial charge in [-0.1, -0.05) is 0 Å². The van der Waals surface area contributed by atoms with Gasteiger partial charge in [0.2, 0.25) is 5.82 Å². The van der Waals surface area contributed by atoms with Crippen LogP contribution in [-0.2, 0) is 0 Å². The molecule has 0 amide bonds. The van der Waals surface area contributed by atoms with Crippen molar-refractivity contribution < 1.29 is 32.5 Å². The summed E-state index contributed by atoms with van der Waals surface area (Å²) in [5.41, 5.74) is -0.828. The lowest BCUT2D eigenvalue weighted by Gasteiger charge is -2.10. The topological polar surface area (TPSA) is 55.8 Å². The summed E-state index contributed by atoms with van der Waals surface area (Å²) in [6, 6.07) is 4.02. The summed E-state index contributed by atoms with van der Waals surface area (Å²) in [6.45, 7) is 0. The monoisotopic (exact) mass is 312 g/mol. The van der Waals surface area contributed by atoms with Crippen LogP contribution < -0.4 is 9.47 Å². The maximum atomic E-state index is 14.1. The van der Waals surface area contributed by atoms with Gasteiger partial charge in [-0.05, 0) is 24.3 Å². The van der Waals surface area contributed by atoms with Crippen molar-refractivity contribution in [2.24, 2.45) is 0 Å². The van der Waals surface area contributed by atoms with Gasteiger partial charge in [0.15, 0.2) is 34.7 Å². The van der Waals surface area contributed by atoms with E-state index in [0.29, 0.717) is 6.07 Å². The zero-order valence-electron chi connectivity index (χ0n) is 11.6. The molecule has 0 heterocycles. The van der Waals surface area contributed by atoms with Gasteiger partial charge >= 0.3 is 0 Å². The Hall–Kier alpha value is -2.70. The number of phenols is 1. The number of phenolic OH excluding ortho intramolecular Hbond substituents is 1. The molecule has 0 aliphatic carbocycles. The third kappa shape index (κ3) is 2.57. The molecule has 0 aliphatic heterocycles. The minimum atomic E-state index is -1.52. The first-order valence-corrected chi connectivity index (χ1v) is 6.03. The Bertz CT molecular complexity index is 744. The van der Waals surface area contributed by atoms with E-state index in [2.05, 4.69) is 4.74 Å². The smallest absolute Gasteiger partial charge is 0.203 e. The lowest BCUT2D eigenvalue weighted by molar-refractivity contribution is 0.103. The Morgan fingerprint density at radius 1 is 1.05 bits per heavy atom. The van der Waals surface area contributed by atoms with Crippen LogP contribution in [0.4, 0.5) is 13.2 Å². The van der Waals surface area contributed by atoms with Crippen LogP contribution in [0.5, 0.6) is 17.2 Å². The maximum absolute atomic E-state index is 14.1. The standard InChI is InChI=1S/C15H11F3O4/c1-21-11-4-3-7(5-10(11)19)14(20)8-6-9(16)13(18)15(22-2)12(8)17/h3-6,19H,1-2H3. The second kappa shape index (κ2) is 5.97. The minimum absolute atomic E-state index is 0.111. The number of hydrogen-bond acceptors (Lipinski definition) is 4. The SMILES string of the molecule is COc1ccc(C(=O)c2cc(F)c(F)c(OC)c2F)cc1O. The molecule has 2 aromatic rings. The van der Waals surface area contributed by atoms with E-state index in [1.165, 1.54) is 19.2 Å². The Kier molecular flexibility index (Phi) is 4.25. The molecule has 0 saturated heterocycles. The number of ketones is 1. The fourth-order valence-corrected chi connectivity index (χ4v) is 1.91. The molecule has 0 saturated carbocycles. The number of benzene rings is 2. The molecule has 2 aromatic carbocycles. The van der Waals surface area contributed by atoms with Gasteiger partial charge in [0, 0.05) is 5.56 Å². The van der Waals surface area contributed by atoms with Crippen molar-refractivity contribution in [1.82, 2.24) is 0 Å². The molecule has 116 valence electrons. The molecule has 0 spiro atoms. The van der Waals surface area contributed by atoms with Crippen molar-refractivity contribution in [3.05, 3.63) is 52.8 Å². The Morgan fingerprint density at radius 2 is 1.73 bits per heavy atom. The zero-order chi connectivity index (χ0) is 16.4. The van der Waals surface area contributed by atoms with Crippen LogP contribution in [0.1, 0.15) is 15.9 Å². The largest absolute Gasteiger partial charge is 0.504 e. The molecule has 0 unspecified atom stereocenters. The summed E-state index contributed by atoms with van der Waals surface area (Å²) in [5, 5.41) is 9.63. The number of hydrogen-bond donors (Lipinski definition) is 1. The summed E-state index contributed by atoms with van der Waals surface area (Å²) in [5.74, 6) is -6.41. The minimum Gasteiger partial charge on any atom is -0.504 e. The molecule has 0 radical (unpaired) electrons. The van der Waals surface area contributed by atoms with Crippen molar-refractivity contribution in [2.45, 2.75) is 0 Å². The molecule has 0 atom stereocenters. The Balaban J connectivity index is 2.54. The van der Waals surface area contributed by atoms with Crippen LogP contribution in [-0.4, -0.2) is 25.1 Å². The van der Waals surface area contributed by atoms with Gasteiger partial charge in [-0.2, -0.15) is 4.39 Å². The predicted octanol–water partition coefficient (Wildman–Crippen LogP) is 3.06. The van der Waals surface area contributed by atoms with Crippen LogP contribution in [0.25, 0.3) is 0 Å². The summed E-state index contributed by atoms with van der Waals surface area (Å²) < 4.78 is 50.1. The molecule has 0 aliphatic rings. The molecule has 4 nitrogen and oxygen atoms in total. The Labute approximate surface area is 123 Å². The predicted molar refractivity (Wildman–Crippen MR) is 71.0 cm³/mol. The second-order valence-corrected chi connectivity index (χ2v) is 4.28. The van der Waals surface area contributed by atoms with Gasteiger partial charge in [-0.3, -0.25) is 4.79 Å². The number of carbonyl (C=O) groups is 1. The first-order valence-electron chi connectivity index (χ1n) is 6.03. The van der Waals surface area contributed by atoms with Crippen LogP contribution in [0, 0.1) is 17.5 Å². The number of rotatable bonds is 4. The maximum Gasteiger partial charge on any atom is 0.203 e. The van der Waals surface area contributed by atoms with E-state index >= 15 is 0 Å². The van der Waals surface area contributed by atoms with Gasteiger partial charge in [-0.15, -0.1) is 0 Å². The number of methoxy groups -OCH3 is 2. The van der Waals surface area contributed by atoms with Gasteiger partial charge in [0.1, 0.15) is 0 Å². The number of aromatic hydroxyl groups is 1. The van der Waals surface area contributed by atoms with E-state index in [-0.39, 0.29) is 17.1 Å². The third-order valence-corrected chi connectivity index (χ3v) is 3.01. The Morgan fingerprint density at radius 3 is 2.27 bits per heavy atom. The average Bonchev–Trinajstić information content (AvgIpc) is 2.50. The van der Waals surface area contributed by atoms with E-state index in [0.717, 1.165) is 13.2 Å². The molecule has 2 rings (SSSR count). The van der Waals surface area contributed by atoms with Gasteiger partial charge in [0.25, 0.3) is 0 Å². The molecule has 22 heavy (non-hydrogen) atoms. The number of halogens is 3. The van der Waals surface area contributed by atoms with E-state index < -0.39 is 34.5 Å². The molecular weight excluding hydrogens is 301 g/mol.